The number of unbranched alkanes of at least 4 members (excludes halogenated alkanes) is 1. The van der Waals surface area contributed by atoms with Crippen LogP contribution in [0.4, 0.5) is 0 Å². The van der Waals surface area contributed by atoms with Crippen LogP contribution in [-0.4, -0.2) is 84.5 Å². The van der Waals surface area contributed by atoms with Gasteiger partial charge in [-0.05, 0) is 31.2 Å². The van der Waals surface area contributed by atoms with Gasteiger partial charge >= 0.3 is 0 Å². The summed E-state index contributed by atoms with van der Waals surface area (Å²) in [6.45, 7) is 4.62. The minimum atomic E-state index is -0.975. The van der Waals surface area contributed by atoms with E-state index in [4.69, 9.17) is 11.1 Å². The molecule has 1 saturated heterocycles. The van der Waals surface area contributed by atoms with Gasteiger partial charge in [-0.2, -0.15) is 0 Å². The van der Waals surface area contributed by atoms with Crippen LogP contribution in [0.15, 0.2) is 30.3 Å². The number of ketones is 1. The molecular formula is C28H43N7O5. The van der Waals surface area contributed by atoms with E-state index >= 15 is 0 Å². The summed E-state index contributed by atoms with van der Waals surface area (Å²) in [6, 6.07) is 5.68. The third-order valence-corrected chi connectivity index (χ3v) is 6.85. The fraction of sp³-hybridized carbons (Fsp3) is 0.571. The number of hydrogen-bond acceptors (Lipinski definition) is 7. The predicted molar refractivity (Wildman–Crippen MR) is 151 cm³/mol. The number of amides is 4. The lowest BCUT2D eigenvalue weighted by molar-refractivity contribution is -0.142. The Balaban J connectivity index is 2.34. The number of nitrogens with one attached hydrogen (secondary N) is 5. The molecule has 1 aliphatic rings. The molecule has 4 unspecified atom stereocenters. The predicted octanol–water partition coefficient (Wildman–Crippen LogP) is -0.145. The second-order valence-electron chi connectivity index (χ2n) is 10.6. The molecule has 7 N–H and O–H groups in total. The van der Waals surface area contributed by atoms with Crippen molar-refractivity contribution in [2.75, 3.05) is 20.1 Å². The lowest BCUT2D eigenvalue weighted by atomic mass is 9.96. The smallest absolute Gasteiger partial charge is 0.245 e. The summed E-state index contributed by atoms with van der Waals surface area (Å²) in [5.41, 5.74) is 6.24. The number of carbonyl (C=O) groups is 5. The monoisotopic (exact) mass is 557 g/mol. The molecule has 0 aliphatic carbocycles. The first-order valence-corrected chi connectivity index (χ1v) is 13.7. The van der Waals surface area contributed by atoms with Crippen LogP contribution in [0.2, 0.25) is 0 Å². The van der Waals surface area contributed by atoms with Crippen molar-refractivity contribution in [3.63, 3.8) is 0 Å². The Morgan fingerprint density at radius 3 is 2.30 bits per heavy atom. The van der Waals surface area contributed by atoms with E-state index in [2.05, 4.69) is 21.3 Å². The van der Waals surface area contributed by atoms with Crippen molar-refractivity contribution in [2.45, 2.75) is 77.0 Å². The summed E-state index contributed by atoms with van der Waals surface area (Å²) >= 11 is 0. The highest BCUT2D eigenvalue weighted by atomic mass is 16.2. The Hall–Kier alpha value is -3.80. The van der Waals surface area contributed by atoms with Crippen LogP contribution in [0.1, 0.15) is 52.0 Å². The maximum atomic E-state index is 13.7. The first kappa shape index (κ1) is 32.4. The van der Waals surface area contributed by atoms with Crippen LogP contribution in [0.25, 0.3) is 0 Å². The number of rotatable bonds is 8. The van der Waals surface area contributed by atoms with E-state index in [-0.39, 0.29) is 37.0 Å². The van der Waals surface area contributed by atoms with E-state index in [1.54, 1.807) is 0 Å². The molecule has 4 atom stereocenters. The van der Waals surface area contributed by atoms with Crippen LogP contribution < -0.4 is 27.0 Å². The molecule has 0 bridgehead atoms. The standard InChI is InChI=1S/C28H43N7O5/c1-17(2)25-22(36)15-31-20(12-8-9-13-23(29)30)27(39)32-16-24(37)33-18(3)26(38)34-21(28(40)35(25)4)14-19-10-6-5-7-11-19/h5-7,10-11,17-18,20-21,25,31H,8-9,12-16H2,1-4H3,(H3,29,30)(H,32,39)(H,33,37)(H,34,38). The van der Waals surface area contributed by atoms with Gasteiger partial charge in [0.05, 0.1) is 31.0 Å². The Morgan fingerprint density at radius 1 is 1.00 bits per heavy atom. The Bertz CT molecular complexity index is 1060. The minimum absolute atomic E-state index is 0.0541. The molecule has 40 heavy (non-hydrogen) atoms. The molecule has 0 aromatic heterocycles. The van der Waals surface area contributed by atoms with E-state index in [0.717, 1.165) is 5.56 Å². The molecule has 12 nitrogen and oxygen atoms in total. The van der Waals surface area contributed by atoms with Gasteiger partial charge in [0.1, 0.15) is 12.1 Å². The SMILES string of the molecule is CC1NC(=O)CNC(=O)C(CCCCC(=N)N)NCC(=O)C(C(C)C)N(C)C(=O)C(Cc2ccccc2)NC1=O. The van der Waals surface area contributed by atoms with Gasteiger partial charge in [0.15, 0.2) is 5.78 Å². The van der Waals surface area contributed by atoms with Crippen molar-refractivity contribution in [2.24, 2.45) is 11.7 Å². The number of nitrogens with two attached hydrogens (primary N) is 1. The molecule has 12 heteroatoms. The van der Waals surface area contributed by atoms with Crippen molar-refractivity contribution in [3.8, 4) is 0 Å². The van der Waals surface area contributed by atoms with Gasteiger partial charge in [-0.3, -0.25) is 34.7 Å². The number of benzene rings is 1. The van der Waals surface area contributed by atoms with E-state index < -0.39 is 47.8 Å². The zero-order valence-corrected chi connectivity index (χ0v) is 23.8. The summed E-state index contributed by atoms with van der Waals surface area (Å²) in [5.74, 6) is -2.51. The Labute approximate surface area is 235 Å². The second-order valence-corrected chi connectivity index (χ2v) is 10.6. The fourth-order valence-electron chi connectivity index (χ4n) is 4.73. The van der Waals surface area contributed by atoms with Gasteiger partial charge < -0.3 is 26.6 Å². The van der Waals surface area contributed by atoms with Crippen molar-refractivity contribution in [1.82, 2.24) is 26.2 Å². The molecule has 0 saturated carbocycles. The third kappa shape index (κ3) is 10.1. The third-order valence-electron chi connectivity index (χ3n) is 6.85. The number of Topliss-reactive ketones (excluding diaryl/α,β-unsaturated/α-hetero) is 1. The van der Waals surface area contributed by atoms with Crippen LogP contribution in [0.3, 0.4) is 0 Å². The lowest BCUT2D eigenvalue weighted by Gasteiger charge is -2.34. The molecule has 220 valence electrons. The molecule has 1 aromatic carbocycles. The van der Waals surface area contributed by atoms with E-state index in [1.807, 2.05) is 44.2 Å². The maximum Gasteiger partial charge on any atom is 0.245 e. The van der Waals surface area contributed by atoms with Crippen LogP contribution in [-0.2, 0) is 30.4 Å². The van der Waals surface area contributed by atoms with Gasteiger partial charge in [0.25, 0.3) is 0 Å². The topological polar surface area (TPSA) is 187 Å². The van der Waals surface area contributed by atoms with Gasteiger partial charge in [0.2, 0.25) is 23.6 Å². The summed E-state index contributed by atoms with van der Waals surface area (Å²) < 4.78 is 0. The number of carbonyl (C=O) groups excluding carboxylic acids is 5. The van der Waals surface area contributed by atoms with Gasteiger partial charge in [-0.25, -0.2) is 0 Å². The molecule has 0 spiro atoms. The molecule has 0 radical (unpaired) electrons. The molecule has 1 aromatic rings. The summed E-state index contributed by atoms with van der Waals surface area (Å²) in [5, 5.41) is 18.2. The summed E-state index contributed by atoms with van der Waals surface area (Å²) in [7, 11) is 1.54. The van der Waals surface area contributed by atoms with Crippen molar-refractivity contribution in [3.05, 3.63) is 35.9 Å². The van der Waals surface area contributed by atoms with Crippen molar-refractivity contribution >= 4 is 35.2 Å². The van der Waals surface area contributed by atoms with Gasteiger partial charge in [0, 0.05) is 19.9 Å². The minimum Gasteiger partial charge on any atom is -0.388 e. The molecular weight excluding hydrogens is 514 g/mol. The highest BCUT2D eigenvalue weighted by Gasteiger charge is 2.35. The van der Waals surface area contributed by atoms with Crippen LogP contribution >= 0.6 is 0 Å². The molecule has 1 fully saturated rings. The number of amidine groups is 1. The van der Waals surface area contributed by atoms with E-state index in [9.17, 15) is 24.0 Å². The maximum absolute atomic E-state index is 13.7. The quantitative estimate of drug-likeness (QED) is 0.146. The molecule has 2 rings (SSSR count). The molecule has 4 amide bonds. The normalized spacial score (nSPS) is 23.9. The zero-order valence-electron chi connectivity index (χ0n) is 23.8. The average molecular weight is 558 g/mol. The number of likely N-dealkylation sites (N-methyl/N-ethyl adjacent to an activating group) is 1. The van der Waals surface area contributed by atoms with Gasteiger partial charge in [-0.1, -0.05) is 50.6 Å². The number of nitrogens with zero attached hydrogens (tertiary/aromatic N) is 1. The Morgan fingerprint density at radius 2 is 1.68 bits per heavy atom. The van der Waals surface area contributed by atoms with E-state index in [1.165, 1.54) is 18.9 Å². The summed E-state index contributed by atoms with van der Waals surface area (Å²) in [4.78, 5) is 66.9. The molecule has 1 heterocycles. The fourth-order valence-corrected chi connectivity index (χ4v) is 4.73. The van der Waals surface area contributed by atoms with Crippen molar-refractivity contribution < 1.29 is 24.0 Å². The summed E-state index contributed by atoms with van der Waals surface area (Å²) in [6.07, 6.45) is 2.10. The largest absolute Gasteiger partial charge is 0.388 e. The Kier molecular flexibility index (Phi) is 12.7. The first-order chi connectivity index (χ1) is 18.9. The molecule has 1 aliphatic heterocycles. The van der Waals surface area contributed by atoms with Crippen LogP contribution in [0, 0.1) is 11.3 Å². The highest BCUT2D eigenvalue weighted by molar-refractivity contribution is 5.96. The lowest BCUT2D eigenvalue weighted by Crippen LogP contribution is -2.59. The first-order valence-electron chi connectivity index (χ1n) is 13.7. The zero-order chi connectivity index (χ0) is 29.8. The van der Waals surface area contributed by atoms with Gasteiger partial charge in [-0.15, -0.1) is 0 Å². The average Bonchev–Trinajstić information content (AvgIpc) is 2.90. The van der Waals surface area contributed by atoms with Crippen molar-refractivity contribution in [1.29, 1.82) is 5.41 Å². The second kappa shape index (κ2) is 15.7. The van der Waals surface area contributed by atoms with Crippen LogP contribution in [0.5, 0.6) is 0 Å². The highest BCUT2D eigenvalue weighted by Crippen LogP contribution is 2.15. The van der Waals surface area contributed by atoms with E-state index in [0.29, 0.717) is 25.7 Å². The number of hydrogen-bond donors (Lipinski definition) is 6.